The largest absolute Gasteiger partial charge is 0.506 e. The molecule has 3 heteroatoms. The zero-order chi connectivity index (χ0) is 22.7. The summed E-state index contributed by atoms with van der Waals surface area (Å²) in [7, 11) is 0. The molecule has 0 spiro atoms. The van der Waals surface area contributed by atoms with Gasteiger partial charge in [-0.25, -0.2) is 0 Å². The van der Waals surface area contributed by atoms with Crippen LogP contribution in [0.4, 0.5) is 5.69 Å². The number of phenolic OH excluding ortho intramolecular Hbond substituents is 1. The highest BCUT2D eigenvalue weighted by Crippen LogP contribution is 2.37. The SMILES string of the molecule is CCCCC(C(=O)Nc1cc(C)ccc1O)c1ccc(C(C)(C)C)cc1C(C)(C)C. The van der Waals surface area contributed by atoms with Crippen molar-refractivity contribution in [3.63, 3.8) is 0 Å². The maximum Gasteiger partial charge on any atom is 0.232 e. The van der Waals surface area contributed by atoms with Gasteiger partial charge in [-0.1, -0.05) is 85.6 Å². The third-order valence-corrected chi connectivity index (χ3v) is 5.68. The summed E-state index contributed by atoms with van der Waals surface area (Å²) in [6, 6.07) is 11.9. The van der Waals surface area contributed by atoms with Gasteiger partial charge in [-0.05, 0) is 58.6 Å². The average molecular weight is 410 g/mol. The number of nitrogens with one attached hydrogen (secondary N) is 1. The van der Waals surface area contributed by atoms with Crippen LogP contribution in [0.3, 0.4) is 0 Å². The third-order valence-electron chi connectivity index (χ3n) is 5.68. The Morgan fingerprint density at radius 1 is 1.00 bits per heavy atom. The molecule has 0 aliphatic heterocycles. The van der Waals surface area contributed by atoms with E-state index in [0.29, 0.717) is 5.69 Å². The van der Waals surface area contributed by atoms with Crippen molar-refractivity contribution in [2.24, 2.45) is 0 Å². The van der Waals surface area contributed by atoms with E-state index in [4.69, 9.17) is 0 Å². The molecule has 30 heavy (non-hydrogen) atoms. The Morgan fingerprint density at radius 2 is 1.67 bits per heavy atom. The highest BCUT2D eigenvalue weighted by atomic mass is 16.3. The van der Waals surface area contributed by atoms with E-state index in [1.807, 2.05) is 19.1 Å². The molecule has 1 unspecified atom stereocenters. The number of rotatable bonds is 6. The van der Waals surface area contributed by atoms with Gasteiger partial charge in [0, 0.05) is 0 Å². The van der Waals surface area contributed by atoms with Crippen LogP contribution in [-0.4, -0.2) is 11.0 Å². The maximum atomic E-state index is 13.4. The van der Waals surface area contributed by atoms with Crippen LogP contribution in [0.25, 0.3) is 0 Å². The fraction of sp³-hybridized carbons (Fsp3) is 0.519. The van der Waals surface area contributed by atoms with Crippen molar-refractivity contribution < 1.29 is 9.90 Å². The lowest BCUT2D eigenvalue weighted by atomic mass is 9.75. The molecule has 0 aromatic heterocycles. The van der Waals surface area contributed by atoms with E-state index in [0.717, 1.165) is 30.4 Å². The Balaban J connectivity index is 2.52. The fourth-order valence-corrected chi connectivity index (χ4v) is 3.78. The lowest BCUT2D eigenvalue weighted by molar-refractivity contribution is -0.117. The van der Waals surface area contributed by atoms with Crippen LogP contribution >= 0.6 is 0 Å². The molecule has 0 aliphatic rings. The molecule has 2 aromatic rings. The lowest BCUT2D eigenvalue weighted by Gasteiger charge is -2.30. The molecule has 2 aromatic carbocycles. The van der Waals surface area contributed by atoms with Crippen LogP contribution in [0.2, 0.25) is 0 Å². The van der Waals surface area contributed by atoms with Crippen molar-refractivity contribution in [2.45, 2.75) is 91.4 Å². The van der Waals surface area contributed by atoms with Gasteiger partial charge in [0.05, 0.1) is 11.6 Å². The summed E-state index contributed by atoms with van der Waals surface area (Å²) in [6.07, 6.45) is 2.79. The number of hydrogen-bond donors (Lipinski definition) is 2. The number of aromatic hydroxyl groups is 1. The Kier molecular flexibility index (Phi) is 7.39. The van der Waals surface area contributed by atoms with Gasteiger partial charge in [-0.3, -0.25) is 4.79 Å². The summed E-state index contributed by atoms with van der Waals surface area (Å²) in [6.45, 7) is 17.4. The molecule has 3 nitrogen and oxygen atoms in total. The number of carbonyl (C=O) groups is 1. The summed E-state index contributed by atoms with van der Waals surface area (Å²) in [5, 5.41) is 13.2. The smallest absolute Gasteiger partial charge is 0.232 e. The monoisotopic (exact) mass is 409 g/mol. The topological polar surface area (TPSA) is 49.3 Å². The number of hydrogen-bond acceptors (Lipinski definition) is 2. The summed E-state index contributed by atoms with van der Waals surface area (Å²) in [4.78, 5) is 13.4. The molecule has 0 heterocycles. The van der Waals surface area contributed by atoms with Gasteiger partial charge in [-0.2, -0.15) is 0 Å². The number of benzene rings is 2. The Bertz CT molecular complexity index is 885. The molecule has 0 fully saturated rings. The van der Waals surface area contributed by atoms with Gasteiger partial charge < -0.3 is 10.4 Å². The lowest BCUT2D eigenvalue weighted by Crippen LogP contribution is -2.26. The Labute approximate surface area is 182 Å². The van der Waals surface area contributed by atoms with Crippen LogP contribution in [0.1, 0.15) is 95.9 Å². The van der Waals surface area contributed by atoms with E-state index in [-0.39, 0.29) is 28.4 Å². The molecule has 1 amide bonds. The zero-order valence-electron chi connectivity index (χ0n) is 20.0. The highest BCUT2D eigenvalue weighted by Gasteiger charge is 2.29. The number of unbranched alkanes of at least 4 members (excludes halogenated alkanes) is 1. The minimum Gasteiger partial charge on any atom is -0.506 e. The van der Waals surface area contributed by atoms with Crippen molar-refractivity contribution in [3.8, 4) is 5.75 Å². The van der Waals surface area contributed by atoms with Gasteiger partial charge in [0.1, 0.15) is 5.75 Å². The molecule has 0 radical (unpaired) electrons. The number of aryl methyl sites for hydroxylation is 1. The van der Waals surface area contributed by atoms with Crippen LogP contribution in [0.5, 0.6) is 5.75 Å². The number of phenols is 1. The summed E-state index contributed by atoms with van der Waals surface area (Å²) >= 11 is 0. The molecule has 0 bridgehead atoms. The molecule has 0 saturated heterocycles. The predicted molar refractivity (Wildman–Crippen MR) is 128 cm³/mol. The van der Waals surface area contributed by atoms with E-state index < -0.39 is 0 Å². The molecule has 0 saturated carbocycles. The first-order valence-electron chi connectivity index (χ1n) is 11.1. The first-order chi connectivity index (χ1) is 13.8. The van der Waals surface area contributed by atoms with Crippen molar-refractivity contribution in [1.82, 2.24) is 0 Å². The molecule has 164 valence electrons. The Hall–Kier alpha value is -2.29. The van der Waals surface area contributed by atoms with Crippen molar-refractivity contribution in [3.05, 3.63) is 58.7 Å². The van der Waals surface area contributed by atoms with Gasteiger partial charge >= 0.3 is 0 Å². The molecule has 2 N–H and O–H groups in total. The van der Waals surface area contributed by atoms with E-state index in [1.165, 1.54) is 11.1 Å². The second-order valence-electron chi connectivity index (χ2n) is 10.5. The predicted octanol–water partition coefficient (Wildman–Crippen LogP) is 7.21. The maximum absolute atomic E-state index is 13.4. The van der Waals surface area contributed by atoms with Gasteiger partial charge in [0.15, 0.2) is 0 Å². The van der Waals surface area contributed by atoms with E-state index in [9.17, 15) is 9.90 Å². The van der Waals surface area contributed by atoms with Crippen LogP contribution in [0.15, 0.2) is 36.4 Å². The summed E-state index contributed by atoms with van der Waals surface area (Å²) in [5.74, 6) is -0.214. The number of anilines is 1. The van der Waals surface area contributed by atoms with Crippen molar-refractivity contribution in [1.29, 1.82) is 0 Å². The van der Waals surface area contributed by atoms with Crippen molar-refractivity contribution in [2.75, 3.05) is 5.32 Å². The average Bonchev–Trinajstić information content (AvgIpc) is 2.63. The van der Waals surface area contributed by atoms with Crippen LogP contribution < -0.4 is 5.32 Å². The zero-order valence-corrected chi connectivity index (χ0v) is 20.0. The normalized spacial score (nSPS) is 13.2. The van der Waals surface area contributed by atoms with Crippen LogP contribution in [-0.2, 0) is 15.6 Å². The van der Waals surface area contributed by atoms with E-state index in [1.54, 1.807) is 6.07 Å². The van der Waals surface area contributed by atoms with Gasteiger partial charge in [0.25, 0.3) is 0 Å². The fourth-order valence-electron chi connectivity index (χ4n) is 3.78. The van der Waals surface area contributed by atoms with Crippen molar-refractivity contribution >= 4 is 11.6 Å². The second kappa shape index (κ2) is 9.24. The molecule has 1 atom stereocenters. The second-order valence-corrected chi connectivity index (χ2v) is 10.5. The standard InChI is InChI=1S/C27H39NO2/c1-9-10-11-21(25(30)28-23-16-18(2)12-15-24(23)29)20-14-13-19(26(3,4)5)17-22(20)27(6,7)8/h12-17,21,29H,9-11H2,1-8H3,(H,28,30). The first-order valence-corrected chi connectivity index (χ1v) is 11.1. The minimum absolute atomic E-state index is 0.0487. The third kappa shape index (κ3) is 5.87. The first kappa shape index (κ1) is 24.0. The molecule has 0 aliphatic carbocycles. The minimum atomic E-state index is -0.256. The Morgan fingerprint density at radius 3 is 2.23 bits per heavy atom. The quantitative estimate of drug-likeness (QED) is 0.495. The highest BCUT2D eigenvalue weighted by molar-refractivity contribution is 5.97. The molecular weight excluding hydrogens is 370 g/mol. The summed E-state index contributed by atoms with van der Waals surface area (Å²) < 4.78 is 0. The van der Waals surface area contributed by atoms with Gasteiger partial charge in [0.2, 0.25) is 5.91 Å². The number of amides is 1. The summed E-state index contributed by atoms with van der Waals surface area (Å²) in [5.41, 5.74) is 5.04. The van der Waals surface area contributed by atoms with E-state index in [2.05, 4.69) is 72.0 Å². The van der Waals surface area contributed by atoms with E-state index >= 15 is 0 Å². The van der Waals surface area contributed by atoms with Gasteiger partial charge in [-0.15, -0.1) is 0 Å². The molecular formula is C27H39NO2. The molecule has 2 rings (SSSR count). The number of carbonyl (C=O) groups excluding carboxylic acids is 1. The van der Waals surface area contributed by atoms with Crippen LogP contribution in [0, 0.1) is 6.92 Å².